The summed E-state index contributed by atoms with van der Waals surface area (Å²) >= 11 is 5.58. The van der Waals surface area contributed by atoms with Crippen molar-refractivity contribution < 1.29 is 19.4 Å². The molecule has 0 unspecified atom stereocenters. The first kappa shape index (κ1) is 24.8. The monoisotopic (exact) mass is 464 g/mol. The van der Waals surface area contributed by atoms with Crippen LogP contribution in [0.1, 0.15) is 48.8 Å². The van der Waals surface area contributed by atoms with E-state index in [1.807, 2.05) is 30.3 Å². The fourth-order valence-corrected chi connectivity index (χ4v) is 2.81. The number of benzene rings is 1. The number of carboxylic acids is 1. The fourth-order valence-electron chi connectivity index (χ4n) is 2.59. The lowest BCUT2D eigenvalue weighted by Gasteiger charge is -2.07. The highest BCUT2D eigenvalue weighted by Crippen LogP contribution is 2.16. The van der Waals surface area contributed by atoms with Crippen LogP contribution >= 0.6 is 11.6 Å². The second-order valence-electron chi connectivity index (χ2n) is 6.60. The highest BCUT2D eigenvalue weighted by molar-refractivity contribution is 6.30. The number of aromatic carboxylic acids is 1. The quantitative estimate of drug-likeness (QED) is 0.438. The maximum atomic E-state index is 12.0. The molecule has 33 heavy (non-hydrogen) atoms. The van der Waals surface area contributed by atoms with Crippen molar-refractivity contribution in [3.05, 3.63) is 97.2 Å². The molecule has 0 amide bonds. The Morgan fingerprint density at radius 2 is 1.70 bits per heavy atom. The molecule has 0 saturated carbocycles. The van der Waals surface area contributed by atoms with E-state index in [4.69, 9.17) is 32.0 Å². The molecule has 3 aromatic rings. The van der Waals surface area contributed by atoms with Crippen LogP contribution in [0.4, 0.5) is 0 Å². The van der Waals surface area contributed by atoms with Gasteiger partial charge in [-0.1, -0.05) is 41.9 Å². The average molecular weight is 465 g/mol. The Bertz CT molecular complexity index is 1340. The molecule has 9 nitrogen and oxygen atoms in total. The number of H-pyrrole nitrogens is 1. The van der Waals surface area contributed by atoms with Crippen molar-refractivity contribution >= 4 is 23.5 Å². The van der Waals surface area contributed by atoms with Gasteiger partial charge in [0.15, 0.2) is 0 Å². The van der Waals surface area contributed by atoms with Gasteiger partial charge in [-0.15, -0.1) is 0 Å². The molecule has 0 atom stereocenters. The normalized spacial score (nSPS) is 9.61. The van der Waals surface area contributed by atoms with Gasteiger partial charge < -0.3 is 14.8 Å². The number of pyridine rings is 2. The highest BCUT2D eigenvalue weighted by atomic mass is 35.5. The largest absolute Gasteiger partial charge is 0.478 e. The second-order valence-corrected chi connectivity index (χ2v) is 6.96. The minimum Gasteiger partial charge on any atom is -0.478 e. The zero-order valence-electron chi connectivity index (χ0n) is 17.5. The van der Waals surface area contributed by atoms with E-state index in [-0.39, 0.29) is 34.0 Å². The molecule has 1 aromatic carbocycles. The minimum atomic E-state index is -1.11. The zero-order chi connectivity index (χ0) is 24.5. The van der Waals surface area contributed by atoms with Crippen LogP contribution in [0.2, 0.25) is 5.15 Å². The van der Waals surface area contributed by atoms with Crippen molar-refractivity contribution in [2.24, 2.45) is 0 Å². The third-order valence-electron chi connectivity index (χ3n) is 4.31. The Morgan fingerprint density at radius 3 is 2.27 bits per heavy atom. The van der Waals surface area contributed by atoms with E-state index in [9.17, 15) is 14.4 Å². The van der Waals surface area contributed by atoms with Gasteiger partial charge in [-0.3, -0.25) is 4.79 Å². The Balaban J connectivity index is 0.000000257. The van der Waals surface area contributed by atoms with E-state index >= 15 is 0 Å². The van der Waals surface area contributed by atoms with Gasteiger partial charge >= 0.3 is 11.9 Å². The van der Waals surface area contributed by atoms with Gasteiger partial charge in [0, 0.05) is 5.69 Å². The molecule has 2 heterocycles. The summed E-state index contributed by atoms with van der Waals surface area (Å²) in [5.41, 5.74) is 1.20. The van der Waals surface area contributed by atoms with Crippen LogP contribution in [-0.4, -0.2) is 27.0 Å². The lowest BCUT2D eigenvalue weighted by Crippen LogP contribution is -2.17. The van der Waals surface area contributed by atoms with Crippen molar-refractivity contribution in [2.75, 3.05) is 0 Å². The number of aromatic amines is 1. The van der Waals surface area contributed by atoms with Crippen molar-refractivity contribution in [3.8, 4) is 12.1 Å². The van der Waals surface area contributed by atoms with Crippen LogP contribution in [0.15, 0.2) is 47.3 Å². The summed E-state index contributed by atoms with van der Waals surface area (Å²) in [6.07, 6.45) is 0. The predicted molar refractivity (Wildman–Crippen MR) is 118 cm³/mol. The minimum absolute atomic E-state index is 0.000880. The maximum absolute atomic E-state index is 12.0. The number of esters is 1. The van der Waals surface area contributed by atoms with Crippen molar-refractivity contribution in [2.45, 2.75) is 20.5 Å². The molecule has 0 spiro atoms. The fraction of sp³-hybridized carbons (Fsp3) is 0.130. The smallest absolute Gasteiger partial charge is 0.340 e. The lowest BCUT2D eigenvalue weighted by molar-refractivity contribution is 0.0470. The molecular weight excluding hydrogens is 448 g/mol. The molecule has 0 aliphatic carbocycles. The van der Waals surface area contributed by atoms with Gasteiger partial charge in [-0.2, -0.15) is 10.5 Å². The molecule has 0 saturated heterocycles. The number of ether oxygens (including phenoxy) is 1. The van der Waals surface area contributed by atoms with Crippen LogP contribution < -0.4 is 5.56 Å². The van der Waals surface area contributed by atoms with Crippen molar-refractivity contribution in [3.63, 3.8) is 0 Å². The standard InChI is InChI=1S/C15H12N2O3.C8H5ClN2O2/c1-10-13(7-12(8-16)14(18)17-10)15(19)20-9-11-5-3-2-4-6-11;1-4-6(8(12)13)2-5(3-10)7(9)11-4/h2-7H,9H2,1H3,(H,17,18);2H,1H3,(H,12,13). The van der Waals surface area contributed by atoms with Gasteiger partial charge in [0.25, 0.3) is 5.56 Å². The molecule has 2 aromatic heterocycles. The second kappa shape index (κ2) is 11.2. The molecule has 0 fully saturated rings. The number of carbonyl (C=O) groups is 2. The van der Waals surface area contributed by atoms with Gasteiger partial charge in [0.1, 0.15) is 29.5 Å². The zero-order valence-corrected chi connectivity index (χ0v) is 18.3. The first-order chi connectivity index (χ1) is 15.7. The first-order valence-corrected chi connectivity index (χ1v) is 9.71. The van der Waals surface area contributed by atoms with Gasteiger partial charge in [0.2, 0.25) is 0 Å². The lowest BCUT2D eigenvalue weighted by atomic mass is 10.1. The Hall–Kier alpha value is -4.47. The number of rotatable bonds is 4. The van der Waals surface area contributed by atoms with Crippen LogP contribution in [0.25, 0.3) is 0 Å². The number of nitriles is 2. The van der Waals surface area contributed by atoms with E-state index in [1.165, 1.54) is 19.1 Å². The maximum Gasteiger partial charge on any atom is 0.340 e. The van der Waals surface area contributed by atoms with Crippen LogP contribution in [-0.2, 0) is 11.3 Å². The number of carboxylic acid groups (broad SMARTS) is 1. The third kappa shape index (κ3) is 6.50. The summed E-state index contributed by atoms with van der Waals surface area (Å²) in [6.45, 7) is 3.25. The van der Waals surface area contributed by atoms with Crippen LogP contribution in [0.5, 0.6) is 0 Å². The van der Waals surface area contributed by atoms with Crippen molar-refractivity contribution in [1.29, 1.82) is 10.5 Å². The Morgan fingerprint density at radius 1 is 1.09 bits per heavy atom. The predicted octanol–water partition coefficient (Wildman–Crippen LogP) is 3.53. The van der Waals surface area contributed by atoms with Gasteiger partial charge in [-0.25, -0.2) is 14.6 Å². The Kier molecular flexibility index (Phi) is 8.44. The number of hydrogen-bond acceptors (Lipinski definition) is 7. The average Bonchev–Trinajstić information content (AvgIpc) is 2.78. The molecule has 3 rings (SSSR count). The summed E-state index contributed by atoms with van der Waals surface area (Å²) in [7, 11) is 0. The number of nitrogens with zero attached hydrogens (tertiary/aromatic N) is 3. The van der Waals surface area contributed by atoms with Gasteiger partial charge in [0.05, 0.1) is 22.4 Å². The van der Waals surface area contributed by atoms with E-state index in [2.05, 4.69) is 9.97 Å². The third-order valence-corrected chi connectivity index (χ3v) is 4.60. The molecule has 0 radical (unpaired) electrons. The Labute approximate surface area is 193 Å². The topological polar surface area (TPSA) is 157 Å². The molecule has 0 aliphatic heterocycles. The summed E-state index contributed by atoms with van der Waals surface area (Å²) in [5, 5.41) is 26.1. The SMILES string of the molecule is Cc1[nH]c(=O)c(C#N)cc1C(=O)OCc1ccccc1.Cc1nc(Cl)c(C#N)cc1C(=O)O. The van der Waals surface area contributed by atoms with E-state index in [1.54, 1.807) is 19.1 Å². The first-order valence-electron chi connectivity index (χ1n) is 9.33. The summed E-state index contributed by atoms with van der Waals surface area (Å²) in [4.78, 5) is 40.2. The van der Waals surface area contributed by atoms with E-state index in [0.29, 0.717) is 11.4 Å². The molecule has 10 heteroatoms. The number of nitrogens with one attached hydrogen (secondary N) is 1. The summed E-state index contributed by atoms with van der Waals surface area (Å²) in [6, 6.07) is 15.2. The van der Waals surface area contributed by atoms with E-state index < -0.39 is 17.5 Å². The number of hydrogen-bond donors (Lipinski definition) is 2. The number of aromatic nitrogens is 2. The molecule has 0 bridgehead atoms. The van der Waals surface area contributed by atoms with E-state index in [0.717, 1.165) is 5.56 Å². The number of aryl methyl sites for hydroxylation is 2. The highest BCUT2D eigenvalue weighted by Gasteiger charge is 2.14. The molecule has 2 N–H and O–H groups in total. The van der Waals surface area contributed by atoms with Gasteiger partial charge in [-0.05, 0) is 31.5 Å². The van der Waals surface area contributed by atoms with Crippen molar-refractivity contribution in [1.82, 2.24) is 9.97 Å². The molecular formula is C23H17ClN4O5. The molecule has 0 aliphatic rings. The summed E-state index contributed by atoms with van der Waals surface area (Å²) in [5.74, 6) is -1.68. The number of carbonyl (C=O) groups excluding carboxylic acids is 1. The van der Waals surface area contributed by atoms with Crippen LogP contribution in [0.3, 0.4) is 0 Å². The number of halogens is 1. The summed E-state index contributed by atoms with van der Waals surface area (Å²) < 4.78 is 5.16. The van der Waals surface area contributed by atoms with Crippen LogP contribution in [0, 0.1) is 36.5 Å². The molecule has 166 valence electrons.